The fourth-order valence-electron chi connectivity index (χ4n) is 3.49. The topological polar surface area (TPSA) is 47.6 Å². The van der Waals surface area contributed by atoms with Crippen LogP contribution in [0.3, 0.4) is 0 Å². The van der Waals surface area contributed by atoms with E-state index >= 15 is 0 Å². The van der Waals surface area contributed by atoms with E-state index in [0.29, 0.717) is 22.9 Å². The number of carbonyl (C=O) groups excluding carboxylic acids is 1. The molecule has 2 aliphatic heterocycles. The molecule has 0 aromatic heterocycles. The van der Waals surface area contributed by atoms with Gasteiger partial charge in [-0.25, -0.2) is 0 Å². The summed E-state index contributed by atoms with van der Waals surface area (Å²) in [6.45, 7) is 1.26. The van der Waals surface area contributed by atoms with Crippen molar-refractivity contribution in [2.24, 2.45) is 0 Å². The second-order valence-electron chi connectivity index (χ2n) is 6.79. The third-order valence-electron chi connectivity index (χ3n) is 4.90. The maximum absolute atomic E-state index is 13.0. The Morgan fingerprint density at radius 3 is 3.00 bits per heavy atom. The van der Waals surface area contributed by atoms with Crippen molar-refractivity contribution in [3.8, 4) is 5.75 Å². The van der Waals surface area contributed by atoms with E-state index in [2.05, 4.69) is 5.32 Å². The molecule has 1 amide bonds. The van der Waals surface area contributed by atoms with Crippen molar-refractivity contribution in [1.29, 1.82) is 0 Å². The van der Waals surface area contributed by atoms with Crippen molar-refractivity contribution < 1.29 is 14.3 Å². The summed E-state index contributed by atoms with van der Waals surface area (Å²) in [5.41, 5.74) is 1.64. The van der Waals surface area contributed by atoms with Crippen LogP contribution in [0.15, 0.2) is 47.4 Å². The maximum atomic E-state index is 13.0. The molecule has 27 heavy (non-hydrogen) atoms. The molecule has 0 aliphatic carbocycles. The molecule has 0 bridgehead atoms. The van der Waals surface area contributed by atoms with E-state index in [-0.39, 0.29) is 18.1 Å². The molecule has 0 unspecified atom stereocenters. The zero-order valence-corrected chi connectivity index (χ0v) is 16.5. The largest absolute Gasteiger partial charge is 0.490 e. The number of benzene rings is 2. The zero-order valence-electron chi connectivity index (χ0n) is 14.9. The average Bonchev–Trinajstić information content (AvgIpc) is 3.21. The Morgan fingerprint density at radius 2 is 2.15 bits per heavy atom. The van der Waals surface area contributed by atoms with Gasteiger partial charge in [0.1, 0.15) is 12.4 Å². The Hall–Kier alpha value is -1.69. The Balaban J connectivity index is 1.48. The van der Waals surface area contributed by atoms with Gasteiger partial charge in [-0.05, 0) is 55.2 Å². The molecule has 2 aromatic rings. The number of rotatable bonds is 5. The molecule has 1 N–H and O–H groups in total. The highest BCUT2D eigenvalue weighted by Crippen LogP contribution is 2.37. The number of ether oxygens (including phenoxy) is 2. The molecule has 4 rings (SSSR count). The van der Waals surface area contributed by atoms with E-state index in [4.69, 9.17) is 21.1 Å². The molecular formula is C21H22ClNO3S. The Kier molecular flexibility index (Phi) is 5.91. The van der Waals surface area contributed by atoms with Gasteiger partial charge >= 0.3 is 0 Å². The number of hydrogen-bond donors (Lipinski definition) is 1. The SMILES string of the molecule is O=C(N[C@@H]1CCSc2ccc(Cl)cc21)c1ccccc1OC[C@H]1CCCO1. The summed E-state index contributed by atoms with van der Waals surface area (Å²) in [5.74, 6) is 1.44. The minimum Gasteiger partial charge on any atom is -0.490 e. The standard InChI is InChI=1S/C21H22ClNO3S/c22-14-7-8-20-17(12-14)18(9-11-27-20)23-21(24)16-5-1-2-6-19(16)26-13-15-4-3-10-25-15/h1-2,5-8,12,15,18H,3-4,9-11,13H2,(H,23,24)/t15-,18-/m1/s1. The highest BCUT2D eigenvalue weighted by Gasteiger charge is 2.24. The number of hydrogen-bond acceptors (Lipinski definition) is 4. The zero-order chi connectivity index (χ0) is 18.6. The third kappa shape index (κ3) is 4.42. The van der Waals surface area contributed by atoms with Gasteiger partial charge in [0.15, 0.2) is 0 Å². The number of amides is 1. The summed E-state index contributed by atoms with van der Waals surface area (Å²) in [4.78, 5) is 14.1. The van der Waals surface area contributed by atoms with Crippen molar-refractivity contribution in [2.45, 2.75) is 36.3 Å². The summed E-state index contributed by atoms with van der Waals surface area (Å²) in [7, 11) is 0. The van der Waals surface area contributed by atoms with Crippen molar-refractivity contribution in [3.63, 3.8) is 0 Å². The van der Waals surface area contributed by atoms with Crippen LogP contribution in [0.4, 0.5) is 0 Å². The summed E-state index contributed by atoms with van der Waals surface area (Å²) < 4.78 is 11.5. The van der Waals surface area contributed by atoms with Gasteiger partial charge < -0.3 is 14.8 Å². The molecule has 1 saturated heterocycles. The van der Waals surface area contributed by atoms with Crippen LogP contribution >= 0.6 is 23.4 Å². The predicted octanol–water partition coefficient (Wildman–Crippen LogP) is 4.86. The average molecular weight is 404 g/mol. The van der Waals surface area contributed by atoms with Crippen LogP contribution in [0.5, 0.6) is 5.75 Å². The summed E-state index contributed by atoms with van der Waals surface area (Å²) in [6.07, 6.45) is 3.07. The fourth-order valence-corrected chi connectivity index (χ4v) is 4.78. The third-order valence-corrected chi connectivity index (χ3v) is 6.25. The first-order valence-corrected chi connectivity index (χ1v) is 10.6. The highest BCUT2D eigenvalue weighted by atomic mass is 35.5. The molecule has 6 heteroatoms. The molecule has 2 heterocycles. The molecule has 0 spiro atoms. The molecule has 1 fully saturated rings. The van der Waals surface area contributed by atoms with Gasteiger partial charge in [0.2, 0.25) is 0 Å². The summed E-state index contributed by atoms with van der Waals surface area (Å²) in [5, 5.41) is 3.86. The van der Waals surface area contributed by atoms with Gasteiger partial charge in [-0.3, -0.25) is 4.79 Å². The van der Waals surface area contributed by atoms with Crippen LogP contribution in [0.1, 0.15) is 41.2 Å². The number of fused-ring (bicyclic) bond motifs is 1. The van der Waals surface area contributed by atoms with Crippen LogP contribution in [0.2, 0.25) is 5.02 Å². The van der Waals surface area contributed by atoms with Crippen LogP contribution in [0.25, 0.3) is 0 Å². The quantitative estimate of drug-likeness (QED) is 0.774. The molecule has 142 valence electrons. The molecule has 2 aromatic carbocycles. The van der Waals surface area contributed by atoms with E-state index in [9.17, 15) is 4.79 Å². The van der Waals surface area contributed by atoms with E-state index < -0.39 is 0 Å². The Bertz CT molecular complexity index is 823. The fraction of sp³-hybridized carbons (Fsp3) is 0.381. The number of thioether (sulfide) groups is 1. The van der Waals surface area contributed by atoms with E-state index in [1.54, 1.807) is 17.8 Å². The van der Waals surface area contributed by atoms with E-state index in [1.807, 2.05) is 36.4 Å². The van der Waals surface area contributed by atoms with Crippen LogP contribution in [-0.2, 0) is 4.74 Å². The predicted molar refractivity (Wildman–Crippen MR) is 108 cm³/mol. The van der Waals surface area contributed by atoms with Crippen molar-refractivity contribution in [1.82, 2.24) is 5.32 Å². The molecule has 2 aliphatic rings. The molecule has 2 atom stereocenters. The summed E-state index contributed by atoms with van der Waals surface area (Å²) >= 11 is 7.97. The van der Waals surface area contributed by atoms with Crippen molar-refractivity contribution in [3.05, 3.63) is 58.6 Å². The minimum absolute atomic E-state index is 0.0429. The van der Waals surface area contributed by atoms with Gasteiger partial charge in [0.25, 0.3) is 5.91 Å². The van der Waals surface area contributed by atoms with E-state index in [1.165, 1.54) is 4.90 Å². The first-order valence-electron chi connectivity index (χ1n) is 9.27. The minimum atomic E-state index is -0.124. The van der Waals surface area contributed by atoms with Gasteiger partial charge in [-0.1, -0.05) is 23.7 Å². The van der Waals surface area contributed by atoms with Gasteiger partial charge in [0, 0.05) is 22.3 Å². The highest BCUT2D eigenvalue weighted by molar-refractivity contribution is 7.99. The first kappa shape index (κ1) is 18.7. The Labute approximate surface area is 168 Å². The van der Waals surface area contributed by atoms with Crippen LogP contribution in [0, 0.1) is 0 Å². The van der Waals surface area contributed by atoms with Gasteiger partial charge in [0.05, 0.1) is 17.7 Å². The first-order chi connectivity index (χ1) is 13.2. The lowest BCUT2D eigenvalue weighted by atomic mass is 10.0. The molecule has 0 radical (unpaired) electrons. The smallest absolute Gasteiger partial charge is 0.255 e. The lowest BCUT2D eigenvalue weighted by Gasteiger charge is -2.26. The monoisotopic (exact) mass is 403 g/mol. The molecule has 0 saturated carbocycles. The van der Waals surface area contributed by atoms with Crippen LogP contribution < -0.4 is 10.1 Å². The molecule has 4 nitrogen and oxygen atoms in total. The normalized spacial score (nSPS) is 21.5. The number of carbonyl (C=O) groups is 1. The number of para-hydroxylation sites is 1. The maximum Gasteiger partial charge on any atom is 0.255 e. The van der Waals surface area contributed by atoms with Crippen molar-refractivity contribution >= 4 is 29.3 Å². The second kappa shape index (κ2) is 8.55. The summed E-state index contributed by atoms with van der Waals surface area (Å²) in [6, 6.07) is 13.2. The lowest BCUT2D eigenvalue weighted by Crippen LogP contribution is -2.31. The lowest BCUT2D eigenvalue weighted by molar-refractivity contribution is 0.0670. The van der Waals surface area contributed by atoms with E-state index in [0.717, 1.165) is 37.2 Å². The number of halogens is 1. The second-order valence-corrected chi connectivity index (χ2v) is 8.36. The Morgan fingerprint density at radius 1 is 1.26 bits per heavy atom. The van der Waals surface area contributed by atoms with Crippen LogP contribution in [-0.4, -0.2) is 31.0 Å². The van der Waals surface area contributed by atoms with Gasteiger partial charge in [-0.15, -0.1) is 11.8 Å². The molecular weight excluding hydrogens is 382 g/mol. The van der Waals surface area contributed by atoms with Crippen molar-refractivity contribution in [2.75, 3.05) is 19.0 Å². The number of nitrogens with one attached hydrogen (secondary N) is 1. The van der Waals surface area contributed by atoms with Gasteiger partial charge in [-0.2, -0.15) is 0 Å².